The van der Waals surface area contributed by atoms with Gasteiger partial charge in [0.2, 0.25) is 0 Å². The Bertz CT molecular complexity index is 1300. The quantitative estimate of drug-likeness (QED) is 0.396. The number of hydrogen-bond donors (Lipinski definition) is 1. The predicted molar refractivity (Wildman–Crippen MR) is 116 cm³/mol. The van der Waals surface area contributed by atoms with Crippen LogP contribution in [0.5, 0.6) is 0 Å². The number of fused-ring (bicyclic) bond motifs is 1. The molecule has 0 bridgehead atoms. The van der Waals surface area contributed by atoms with E-state index in [-0.39, 0.29) is 0 Å². The monoisotopic (exact) mass is 396 g/mol. The van der Waals surface area contributed by atoms with Gasteiger partial charge in [-0.15, -0.1) is 0 Å². The van der Waals surface area contributed by atoms with Crippen molar-refractivity contribution in [3.63, 3.8) is 0 Å². The molecule has 0 saturated heterocycles. The van der Waals surface area contributed by atoms with E-state index >= 15 is 0 Å². The van der Waals surface area contributed by atoms with E-state index < -0.39 is 5.97 Å². The number of carbonyl (C=O) groups excluding carboxylic acids is 1. The molecule has 0 aliphatic carbocycles. The lowest BCUT2D eigenvalue weighted by atomic mass is 10.1. The van der Waals surface area contributed by atoms with Crippen LogP contribution in [0.25, 0.3) is 28.4 Å². The molecule has 0 aliphatic rings. The van der Waals surface area contributed by atoms with E-state index in [1.807, 2.05) is 67.0 Å². The number of rotatable bonds is 4. The zero-order chi connectivity index (χ0) is 21.3. The lowest BCUT2D eigenvalue weighted by molar-refractivity contribution is 0.0600. The maximum absolute atomic E-state index is 12.2. The van der Waals surface area contributed by atoms with Gasteiger partial charge in [0.15, 0.2) is 0 Å². The van der Waals surface area contributed by atoms with E-state index in [9.17, 15) is 10.1 Å². The first-order chi connectivity index (χ1) is 14.5. The number of para-hydroxylation sites is 3. The Morgan fingerprint density at radius 1 is 1.17 bits per heavy atom. The Morgan fingerprint density at radius 3 is 2.63 bits per heavy atom. The van der Waals surface area contributed by atoms with Gasteiger partial charge in [-0.05, 0) is 55.8 Å². The van der Waals surface area contributed by atoms with Crippen molar-refractivity contribution in [1.29, 1.82) is 5.26 Å². The fraction of sp³-hybridized carbons (Fsp3) is 0.125. The molecule has 6 nitrogen and oxygen atoms in total. The van der Waals surface area contributed by atoms with Gasteiger partial charge in [-0.1, -0.05) is 24.3 Å². The van der Waals surface area contributed by atoms with Crippen molar-refractivity contribution in [1.82, 2.24) is 14.5 Å². The fourth-order valence-corrected chi connectivity index (χ4v) is 3.65. The van der Waals surface area contributed by atoms with Crippen LogP contribution in [0.1, 0.15) is 33.1 Å². The number of nitrogens with one attached hydrogen (secondary N) is 1. The fourth-order valence-electron chi connectivity index (χ4n) is 3.65. The number of ether oxygens (including phenoxy) is 1. The van der Waals surface area contributed by atoms with E-state index in [0.717, 1.165) is 33.7 Å². The van der Waals surface area contributed by atoms with Crippen LogP contribution in [0.4, 0.5) is 0 Å². The average Bonchev–Trinajstić information content (AvgIpc) is 3.31. The molecule has 4 aromatic rings. The molecule has 148 valence electrons. The van der Waals surface area contributed by atoms with Gasteiger partial charge in [0.1, 0.15) is 11.9 Å². The van der Waals surface area contributed by atoms with Crippen LogP contribution in [0.3, 0.4) is 0 Å². The Kier molecular flexibility index (Phi) is 4.95. The van der Waals surface area contributed by atoms with Crippen LogP contribution in [-0.2, 0) is 4.74 Å². The summed E-state index contributed by atoms with van der Waals surface area (Å²) in [6, 6.07) is 19.2. The predicted octanol–water partition coefficient (Wildman–Crippen LogP) is 4.82. The van der Waals surface area contributed by atoms with Crippen LogP contribution in [0.15, 0.2) is 54.6 Å². The lowest BCUT2D eigenvalue weighted by Gasteiger charge is -2.13. The third-order valence-corrected chi connectivity index (χ3v) is 5.09. The standard InChI is InChI=1S/C24H20N4O2/c1-15-12-17(13-18(14-25)23-26-20-9-5-6-10-21(20)27-23)16(2)28(15)22-11-7-4-8-19(22)24(29)30-3/h4-13H,1-3H3,(H,26,27). The molecule has 30 heavy (non-hydrogen) atoms. The second-order valence-corrected chi connectivity index (χ2v) is 6.94. The van der Waals surface area contributed by atoms with Gasteiger partial charge < -0.3 is 14.3 Å². The number of aromatic nitrogens is 3. The average molecular weight is 396 g/mol. The molecule has 6 heteroatoms. The van der Waals surface area contributed by atoms with Gasteiger partial charge in [0.05, 0.1) is 35.0 Å². The number of benzene rings is 2. The SMILES string of the molecule is COC(=O)c1ccccc1-n1c(C)cc(C=C(C#N)c2nc3ccccc3[nH]2)c1C. The van der Waals surface area contributed by atoms with Crippen LogP contribution in [0.2, 0.25) is 0 Å². The highest BCUT2D eigenvalue weighted by molar-refractivity contribution is 5.94. The molecule has 0 aliphatic heterocycles. The summed E-state index contributed by atoms with van der Waals surface area (Å²) in [6.07, 6.45) is 1.82. The van der Waals surface area contributed by atoms with Crippen LogP contribution < -0.4 is 0 Å². The van der Waals surface area contributed by atoms with E-state index in [1.165, 1.54) is 7.11 Å². The van der Waals surface area contributed by atoms with Crippen molar-refractivity contribution in [3.8, 4) is 11.8 Å². The van der Waals surface area contributed by atoms with Crippen molar-refractivity contribution in [2.45, 2.75) is 13.8 Å². The molecule has 2 aromatic heterocycles. The summed E-state index contributed by atoms with van der Waals surface area (Å²) < 4.78 is 6.93. The molecule has 0 saturated carbocycles. The molecule has 2 aromatic carbocycles. The second-order valence-electron chi connectivity index (χ2n) is 6.94. The first-order valence-corrected chi connectivity index (χ1v) is 9.47. The van der Waals surface area contributed by atoms with E-state index in [4.69, 9.17) is 4.74 Å². The number of carbonyl (C=O) groups is 1. The summed E-state index contributed by atoms with van der Waals surface area (Å²) in [5, 5.41) is 9.75. The molecule has 0 atom stereocenters. The third kappa shape index (κ3) is 3.27. The summed E-state index contributed by atoms with van der Waals surface area (Å²) in [7, 11) is 1.37. The maximum Gasteiger partial charge on any atom is 0.339 e. The molecular formula is C24H20N4O2. The minimum atomic E-state index is -0.393. The molecule has 4 rings (SSSR count). The zero-order valence-corrected chi connectivity index (χ0v) is 16.9. The minimum Gasteiger partial charge on any atom is -0.465 e. The van der Waals surface area contributed by atoms with Crippen molar-refractivity contribution >= 4 is 28.7 Å². The summed E-state index contributed by atoms with van der Waals surface area (Å²) in [6.45, 7) is 3.92. The number of esters is 1. The Hall–Kier alpha value is -4.11. The van der Waals surface area contributed by atoms with Gasteiger partial charge in [0.25, 0.3) is 0 Å². The van der Waals surface area contributed by atoms with E-state index in [0.29, 0.717) is 17.0 Å². The zero-order valence-electron chi connectivity index (χ0n) is 16.9. The summed E-state index contributed by atoms with van der Waals surface area (Å²) in [5.41, 5.74) is 6.08. The molecule has 0 amide bonds. The number of imidazole rings is 1. The van der Waals surface area contributed by atoms with Crippen molar-refractivity contribution in [3.05, 3.63) is 82.9 Å². The molecule has 0 radical (unpaired) electrons. The number of allylic oxidation sites excluding steroid dienone is 1. The van der Waals surface area contributed by atoms with Crippen LogP contribution >= 0.6 is 0 Å². The second kappa shape index (κ2) is 7.72. The number of nitriles is 1. The van der Waals surface area contributed by atoms with Crippen LogP contribution in [-0.4, -0.2) is 27.6 Å². The number of methoxy groups -OCH3 is 1. The Morgan fingerprint density at radius 2 is 1.90 bits per heavy atom. The Balaban J connectivity index is 1.82. The first-order valence-electron chi connectivity index (χ1n) is 9.47. The molecule has 0 unspecified atom stereocenters. The number of aromatic amines is 1. The number of H-pyrrole nitrogens is 1. The number of nitrogens with zero attached hydrogens (tertiary/aromatic N) is 3. The molecule has 2 heterocycles. The number of hydrogen-bond acceptors (Lipinski definition) is 4. The van der Waals surface area contributed by atoms with Crippen molar-refractivity contribution in [2.75, 3.05) is 7.11 Å². The highest BCUT2D eigenvalue weighted by atomic mass is 16.5. The van der Waals surface area contributed by atoms with Crippen molar-refractivity contribution in [2.24, 2.45) is 0 Å². The maximum atomic E-state index is 12.2. The van der Waals surface area contributed by atoms with Crippen molar-refractivity contribution < 1.29 is 9.53 Å². The largest absolute Gasteiger partial charge is 0.465 e. The van der Waals surface area contributed by atoms with E-state index in [2.05, 4.69) is 16.0 Å². The van der Waals surface area contributed by atoms with Gasteiger partial charge >= 0.3 is 5.97 Å². The van der Waals surface area contributed by atoms with Gasteiger partial charge in [-0.25, -0.2) is 9.78 Å². The highest BCUT2D eigenvalue weighted by Crippen LogP contribution is 2.27. The molecular weight excluding hydrogens is 376 g/mol. The first kappa shape index (κ1) is 19.2. The normalized spacial score (nSPS) is 11.5. The summed E-state index contributed by atoms with van der Waals surface area (Å²) in [5.74, 6) is 0.133. The third-order valence-electron chi connectivity index (χ3n) is 5.09. The molecule has 0 fully saturated rings. The topological polar surface area (TPSA) is 83.7 Å². The smallest absolute Gasteiger partial charge is 0.339 e. The summed E-state index contributed by atoms with van der Waals surface area (Å²) >= 11 is 0. The molecule has 1 N–H and O–H groups in total. The summed E-state index contributed by atoms with van der Waals surface area (Å²) in [4.78, 5) is 20.0. The van der Waals surface area contributed by atoms with Gasteiger partial charge in [0, 0.05) is 11.4 Å². The minimum absolute atomic E-state index is 0.393. The Labute approximate surface area is 174 Å². The highest BCUT2D eigenvalue weighted by Gasteiger charge is 2.17. The van der Waals surface area contributed by atoms with Gasteiger partial charge in [-0.3, -0.25) is 0 Å². The van der Waals surface area contributed by atoms with Gasteiger partial charge in [-0.2, -0.15) is 5.26 Å². The molecule has 0 spiro atoms. The number of aryl methyl sites for hydroxylation is 1. The van der Waals surface area contributed by atoms with Crippen LogP contribution in [0, 0.1) is 25.2 Å². The lowest BCUT2D eigenvalue weighted by Crippen LogP contribution is -2.09. The van der Waals surface area contributed by atoms with E-state index in [1.54, 1.807) is 12.1 Å².